The van der Waals surface area contributed by atoms with Gasteiger partial charge < -0.3 is 4.57 Å². The summed E-state index contributed by atoms with van der Waals surface area (Å²) in [5.74, 6) is 1.85. The fourth-order valence-electron chi connectivity index (χ4n) is 8.66. The molecule has 0 radical (unpaired) electrons. The zero-order valence-electron chi connectivity index (χ0n) is 33.2. The first kappa shape index (κ1) is 35.9. The first-order chi connectivity index (χ1) is 30.3. The second-order valence-electron chi connectivity index (χ2n) is 15.2. The van der Waals surface area contributed by atoms with Crippen molar-refractivity contribution < 1.29 is 0 Å². The molecule has 2 heterocycles. The summed E-state index contributed by atoms with van der Waals surface area (Å²) < 4.78 is 2.54. The molecule has 11 rings (SSSR count). The average Bonchev–Trinajstić information content (AvgIpc) is 3.69. The Morgan fingerprint density at radius 2 is 0.541 bits per heavy atom. The average molecular weight is 779 g/mol. The molecule has 0 bridgehead atoms. The van der Waals surface area contributed by atoms with E-state index in [0.717, 1.165) is 77.9 Å². The molecule has 0 fully saturated rings. The molecule has 0 aliphatic heterocycles. The predicted octanol–water partition coefficient (Wildman–Crippen LogP) is 14.6. The Bertz CT molecular complexity index is 3100. The summed E-state index contributed by atoms with van der Waals surface area (Å²) in [5, 5.41) is 2.38. The van der Waals surface area contributed by atoms with Gasteiger partial charge in [-0.05, 0) is 34.4 Å². The molecule has 0 aliphatic rings. The monoisotopic (exact) mass is 778 g/mol. The summed E-state index contributed by atoms with van der Waals surface area (Å²) in [7, 11) is 0. The van der Waals surface area contributed by atoms with Crippen LogP contribution < -0.4 is 0 Å². The van der Waals surface area contributed by atoms with Crippen molar-refractivity contribution in [2.45, 2.75) is 0 Å². The van der Waals surface area contributed by atoms with Crippen molar-refractivity contribution in [2.24, 2.45) is 0 Å². The zero-order valence-corrected chi connectivity index (χ0v) is 33.2. The van der Waals surface area contributed by atoms with Crippen LogP contribution in [-0.2, 0) is 0 Å². The van der Waals surface area contributed by atoms with Crippen LogP contribution in [0.25, 0.3) is 106 Å². The van der Waals surface area contributed by atoms with Gasteiger partial charge in [0, 0.05) is 49.7 Å². The van der Waals surface area contributed by atoms with Crippen LogP contribution in [0.5, 0.6) is 0 Å². The fraction of sp³-hybridized carbons (Fsp3) is 0. The van der Waals surface area contributed by atoms with E-state index in [1.165, 1.54) is 10.8 Å². The molecule has 286 valence electrons. The van der Waals surface area contributed by atoms with Crippen LogP contribution >= 0.6 is 0 Å². The van der Waals surface area contributed by atoms with Crippen molar-refractivity contribution in [3.63, 3.8) is 0 Å². The molecule has 0 saturated heterocycles. The van der Waals surface area contributed by atoms with Gasteiger partial charge >= 0.3 is 0 Å². The Kier molecular flexibility index (Phi) is 9.14. The molecule has 0 spiro atoms. The lowest BCUT2D eigenvalue weighted by molar-refractivity contribution is 1.07. The first-order valence-corrected chi connectivity index (χ1v) is 20.6. The van der Waals surface area contributed by atoms with Gasteiger partial charge in [-0.2, -0.15) is 0 Å². The van der Waals surface area contributed by atoms with Crippen LogP contribution in [0.2, 0.25) is 0 Å². The van der Waals surface area contributed by atoms with Crippen molar-refractivity contribution in [3.05, 3.63) is 231 Å². The van der Waals surface area contributed by atoms with E-state index in [4.69, 9.17) is 15.0 Å². The number of benzene rings is 9. The van der Waals surface area contributed by atoms with Gasteiger partial charge in [-0.15, -0.1) is 0 Å². The Labute approximate surface area is 354 Å². The third-order valence-electron chi connectivity index (χ3n) is 11.4. The van der Waals surface area contributed by atoms with Gasteiger partial charge in [0.15, 0.2) is 17.5 Å². The number of para-hydroxylation sites is 2. The van der Waals surface area contributed by atoms with Crippen molar-refractivity contribution in [3.8, 4) is 84.4 Å². The van der Waals surface area contributed by atoms with Gasteiger partial charge in [0.25, 0.3) is 0 Å². The number of nitrogens with zero attached hydrogens (tertiary/aromatic N) is 4. The molecule has 4 heteroatoms. The number of rotatable bonds is 8. The SMILES string of the molecule is c1ccc(-c2nc(-c3ccccc3)nc(-c3cc(-c4ccccc4)c(-n4c5c(-c6ccccc6)cccc5c5cccc(-c6ccccc6)c54)c(-c4ccccc4)c3)n2)cc1. The molecule has 0 N–H and O–H groups in total. The highest BCUT2D eigenvalue weighted by molar-refractivity contribution is 6.18. The Morgan fingerprint density at radius 3 is 0.885 bits per heavy atom. The van der Waals surface area contributed by atoms with Crippen molar-refractivity contribution in [2.75, 3.05) is 0 Å². The Balaban J connectivity index is 1.31. The smallest absolute Gasteiger partial charge is 0.164 e. The lowest BCUT2D eigenvalue weighted by Crippen LogP contribution is -2.05. The van der Waals surface area contributed by atoms with E-state index in [2.05, 4.69) is 199 Å². The molecule has 0 saturated carbocycles. The summed E-state index contributed by atoms with van der Waals surface area (Å²) in [6.07, 6.45) is 0. The molecule has 0 amide bonds. The molecule has 11 aromatic rings. The lowest BCUT2D eigenvalue weighted by atomic mass is 9.92. The summed E-state index contributed by atoms with van der Waals surface area (Å²) in [4.78, 5) is 15.5. The molecule has 4 nitrogen and oxygen atoms in total. The van der Waals surface area contributed by atoms with Gasteiger partial charge in [-0.3, -0.25) is 0 Å². The molecule has 2 aromatic heterocycles. The van der Waals surface area contributed by atoms with Crippen molar-refractivity contribution in [1.29, 1.82) is 0 Å². The highest BCUT2D eigenvalue weighted by Gasteiger charge is 2.26. The third-order valence-corrected chi connectivity index (χ3v) is 11.4. The largest absolute Gasteiger partial charge is 0.307 e. The van der Waals surface area contributed by atoms with E-state index in [1.54, 1.807) is 0 Å². The standard InChI is InChI=1S/C57H38N4/c1-7-21-39(22-8-1)46-33-19-35-48-49-36-20-34-47(40-23-9-2-10-24-40)53(49)61(52(46)48)54-50(41-25-11-3-12-26-41)37-45(38-51(54)42-27-13-4-14-28-42)57-59-55(43-29-15-5-16-30-43)58-56(60-57)44-31-17-6-18-32-44/h1-38H. The van der Waals surface area contributed by atoms with Gasteiger partial charge in [0.1, 0.15) is 0 Å². The summed E-state index contributed by atoms with van der Waals surface area (Å²) >= 11 is 0. The Morgan fingerprint density at radius 1 is 0.246 bits per heavy atom. The summed E-state index contributed by atoms with van der Waals surface area (Å²) in [6.45, 7) is 0. The van der Waals surface area contributed by atoms with Gasteiger partial charge in [-0.1, -0.05) is 218 Å². The second kappa shape index (κ2) is 15.5. The fourth-order valence-corrected chi connectivity index (χ4v) is 8.66. The summed E-state index contributed by atoms with van der Waals surface area (Å²) in [6, 6.07) is 81.3. The molecule has 9 aromatic carbocycles. The third kappa shape index (κ3) is 6.57. The minimum absolute atomic E-state index is 0.603. The van der Waals surface area contributed by atoms with E-state index in [9.17, 15) is 0 Å². The van der Waals surface area contributed by atoms with Crippen LogP contribution in [0.15, 0.2) is 231 Å². The molecule has 0 unspecified atom stereocenters. The van der Waals surface area contributed by atoms with Crippen molar-refractivity contribution >= 4 is 21.8 Å². The van der Waals surface area contributed by atoms with E-state index < -0.39 is 0 Å². The van der Waals surface area contributed by atoms with E-state index >= 15 is 0 Å². The molecule has 0 aliphatic carbocycles. The van der Waals surface area contributed by atoms with Gasteiger partial charge in [0.05, 0.1) is 16.7 Å². The zero-order chi connectivity index (χ0) is 40.5. The second-order valence-corrected chi connectivity index (χ2v) is 15.2. The maximum Gasteiger partial charge on any atom is 0.164 e. The predicted molar refractivity (Wildman–Crippen MR) is 252 cm³/mol. The van der Waals surface area contributed by atoms with Crippen LogP contribution in [-0.4, -0.2) is 19.5 Å². The quantitative estimate of drug-likeness (QED) is 0.154. The summed E-state index contributed by atoms with van der Waals surface area (Å²) in [5.41, 5.74) is 15.0. The highest BCUT2D eigenvalue weighted by Crippen LogP contribution is 2.47. The van der Waals surface area contributed by atoms with Crippen LogP contribution in [0, 0.1) is 0 Å². The topological polar surface area (TPSA) is 43.6 Å². The normalized spacial score (nSPS) is 11.3. The maximum absolute atomic E-state index is 5.24. The van der Waals surface area contributed by atoms with Crippen LogP contribution in [0.1, 0.15) is 0 Å². The van der Waals surface area contributed by atoms with E-state index in [0.29, 0.717) is 17.5 Å². The van der Waals surface area contributed by atoms with E-state index in [1.807, 2.05) is 36.4 Å². The van der Waals surface area contributed by atoms with Crippen molar-refractivity contribution in [1.82, 2.24) is 19.5 Å². The van der Waals surface area contributed by atoms with Gasteiger partial charge in [0.2, 0.25) is 0 Å². The molecular formula is C57H38N4. The number of hydrogen-bond acceptors (Lipinski definition) is 3. The number of hydrogen-bond donors (Lipinski definition) is 0. The lowest BCUT2D eigenvalue weighted by Gasteiger charge is -2.22. The highest BCUT2D eigenvalue weighted by atomic mass is 15.0. The Hall–Kier alpha value is -8.21. The minimum atomic E-state index is 0.603. The maximum atomic E-state index is 5.24. The van der Waals surface area contributed by atoms with Crippen LogP contribution in [0.3, 0.4) is 0 Å². The number of fused-ring (bicyclic) bond motifs is 3. The molecule has 61 heavy (non-hydrogen) atoms. The minimum Gasteiger partial charge on any atom is -0.307 e. The van der Waals surface area contributed by atoms with Crippen LogP contribution in [0.4, 0.5) is 0 Å². The van der Waals surface area contributed by atoms with Gasteiger partial charge in [-0.25, -0.2) is 15.0 Å². The molecule has 0 atom stereocenters. The number of aromatic nitrogens is 4. The first-order valence-electron chi connectivity index (χ1n) is 20.6. The van der Waals surface area contributed by atoms with E-state index in [-0.39, 0.29) is 0 Å². The molecular weight excluding hydrogens is 741 g/mol.